The number of carbonyl (C=O) groups excluding carboxylic acids is 1. The minimum absolute atomic E-state index is 0.0493. The maximum atomic E-state index is 13.1. The van der Waals surface area contributed by atoms with Crippen LogP contribution in [0.5, 0.6) is 5.75 Å². The molecule has 1 amide bonds. The van der Waals surface area contributed by atoms with Crippen molar-refractivity contribution in [2.24, 2.45) is 5.92 Å². The molecule has 2 aromatic rings. The maximum Gasteiger partial charge on any atom is 0.253 e. The van der Waals surface area contributed by atoms with Gasteiger partial charge in [0.15, 0.2) is 0 Å². The van der Waals surface area contributed by atoms with E-state index in [1.54, 1.807) is 12.1 Å². The highest BCUT2D eigenvalue weighted by molar-refractivity contribution is 7.92. The number of nitrogens with zero attached hydrogens (tertiary/aromatic N) is 2. The molecule has 0 saturated carbocycles. The smallest absolute Gasteiger partial charge is 0.253 e. The fraction of sp³-hybridized carbons (Fsp3) is 0.500. The molecule has 4 rings (SSSR count). The van der Waals surface area contributed by atoms with Gasteiger partial charge in [0.05, 0.1) is 18.6 Å². The SMILES string of the molecule is CCOc1ccc(CCC2CCN(C(=O)c3ccc4c(c3)C[C@H](C)N4S(C)(=O)=O)CC2)cc1. The van der Waals surface area contributed by atoms with Crippen molar-refractivity contribution in [3.05, 3.63) is 59.2 Å². The monoisotopic (exact) mass is 470 g/mol. The fourth-order valence-electron chi connectivity index (χ4n) is 5.14. The second kappa shape index (κ2) is 9.75. The number of likely N-dealkylation sites (tertiary alicyclic amines) is 1. The molecule has 2 heterocycles. The van der Waals surface area contributed by atoms with Crippen LogP contribution in [0.15, 0.2) is 42.5 Å². The van der Waals surface area contributed by atoms with Crippen LogP contribution in [0.2, 0.25) is 0 Å². The van der Waals surface area contributed by atoms with Crippen molar-refractivity contribution in [3.8, 4) is 5.75 Å². The van der Waals surface area contributed by atoms with E-state index in [0.717, 1.165) is 50.1 Å². The Kier molecular flexibility index (Phi) is 6.98. The number of benzene rings is 2. The van der Waals surface area contributed by atoms with Gasteiger partial charge in [0.1, 0.15) is 5.75 Å². The van der Waals surface area contributed by atoms with Crippen LogP contribution in [0, 0.1) is 5.92 Å². The Bertz CT molecular complexity index is 1090. The Morgan fingerprint density at radius 1 is 1.09 bits per heavy atom. The lowest BCUT2D eigenvalue weighted by Crippen LogP contribution is -2.38. The zero-order valence-electron chi connectivity index (χ0n) is 19.8. The Hall–Kier alpha value is -2.54. The summed E-state index contributed by atoms with van der Waals surface area (Å²) in [6, 6.07) is 13.7. The van der Waals surface area contributed by atoms with E-state index in [0.29, 0.717) is 30.2 Å². The molecule has 1 atom stereocenters. The number of amides is 1. The van der Waals surface area contributed by atoms with Crippen molar-refractivity contribution in [2.75, 3.05) is 30.3 Å². The van der Waals surface area contributed by atoms with Gasteiger partial charge in [0, 0.05) is 24.7 Å². The molecule has 0 unspecified atom stereocenters. The second-order valence-electron chi connectivity index (χ2n) is 9.31. The van der Waals surface area contributed by atoms with E-state index in [1.165, 1.54) is 16.1 Å². The number of hydrogen-bond acceptors (Lipinski definition) is 4. The van der Waals surface area contributed by atoms with E-state index in [2.05, 4.69) is 12.1 Å². The molecule has 2 aliphatic heterocycles. The van der Waals surface area contributed by atoms with Gasteiger partial charge in [-0.3, -0.25) is 9.10 Å². The summed E-state index contributed by atoms with van der Waals surface area (Å²) < 4.78 is 31.2. The molecule has 0 spiro atoms. The van der Waals surface area contributed by atoms with E-state index in [-0.39, 0.29) is 11.9 Å². The molecule has 2 aromatic carbocycles. The number of aryl methyl sites for hydroxylation is 1. The van der Waals surface area contributed by atoms with Crippen LogP contribution in [0.1, 0.15) is 54.6 Å². The third kappa shape index (κ3) is 5.35. The third-order valence-corrected chi connectivity index (χ3v) is 8.09. The van der Waals surface area contributed by atoms with Crippen LogP contribution in [0.3, 0.4) is 0 Å². The summed E-state index contributed by atoms with van der Waals surface area (Å²) in [5.41, 5.74) is 3.62. The van der Waals surface area contributed by atoms with Crippen molar-refractivity contribution >= 4 is 21.6 Å². The number of carbonyl (C=O) groups is 1. The Labute approximate surface area is 197 Å². The average Bonchev–Trinajstić information content (AvgIpc) is 3.14. The van der Waals surface area contributed by atoms with Crippen molar-refractivity contribution in [3.63, 3.8) is 0 Å². The zero-order chi connectivity index (χ0) is 23.6. The first kappa shape index (κ1) is 23.6. The largest absolute Gasteiger partial charge is 0.494 e. The summed E-state index contributed by atoms with van der Waals surface area (Å²) >= 11 is 0. The molecule has 33 heavy (non-hydrogen) atoms. The molecule has 0 N–H and O–H groups in total. The van der Waals surface area contributed by atoms with Gasteiger partial charge in [-0.2, -0.15) is 0 Å². The normalized spacial score (nSPS) is 18.9. The summed E-state index contributed by atoms with van der Waals surface area (Å²) in [4.78, 5) is 15.1. The Morgan fingerprint density at radius 2 is 1.79 bits per heavy atom. The number of anilines is 1. The lowest BCUT2D eigenvalue weighted by molar-refractivity contribution is 0.0687. The van der Waals surface area contributed by atoms with Gasteiger partial charge in [-0.25, -0.2) is 8.42 Å². The predicted octanol–water partition coefficient (Wildman–Crippen LogP) is 4.28. The minimum Gasteiger partial charge on any atom is -0.494 e. The molecule has 6 nitrogen and oxygen atoms in total. The van der Waals surface area contributed by atoms with Crippen molar-refractivity contribution in [1.82, 2.24) is 4.90 Å². The molecular weight excluding hydrogens is 436 g/mol. The molecule has 178 valence electrons. The van der Waals surface area contributed by atoms with Gasteiger partial charge in [0.25, 0.3) is 5.91 Å². The van der Waals surface area contributed by atoms with E-state index in [9.17, 15) is 13.2 Å². The Balaban J connectivity index is 1.31. The number of hydrogen-bond donors (Lipinski definition) is 0. The van der Waals surface area contributed by atoms with Crippen LogP contribution in [0.4, 0.5) is 5.69 Å². The van der Waals surface area contributed by atoms with Crippen molar-refractivity contribution in [1.29, 1.82) is 0 Å². The molecule has 0 aliphatic carbocycles. The Morgan fingerprint density at radius 3 is 2.42 bits per heavy atom. The second-order valence-corrected chi connectivity index (χ2v) is 11.2. The van der Waals surface area contributed by atoms with Gasteiger partial charge in [-0.05, 0) is 93.3 Å². The molecular formula is C26H34N2O4S. The van der Waals surface area contributed by atoms with E-state index in [4.69, 9.17) is 4.74 Å². The maximum absolute atomic E-state index is 13.1. The van der Waals surface area contributed by atoms with Crippen molar-refractivity contribution < 1.29 is 17.9 Å². The first-order valence-corrected chi connectivity index (χ1v) is 13.7. The predicted molar refractivity (Wildman–Crippen MR) is 131 cm³/mol. The molecule has 7 heteroatoms. The van der Waals surface area contributed by atoms with Gasteiger partial charge < -0.3 is 9.64 Å². The summed E-state index contributed by atoms with van der Waals surface area (Å²) in [5.74, 6) is 1.59. The number of piperidine rings is 1. The lowest BCUT2D eigenvalue weighted by Gasteiger charge is -2.32. The van der Waals surface area contributed by atoms with E-state index < -0.39 is 10.0 Å². The van der Waals surface area contributed by atoms with Crippen molar-refractivity contribution in [2.45, 2.75) is 52.0 Å². The standard InChI is InChI=1S/C26H34N2O4S/c1-4-32-24-10-7-20(8-11-24)5-6-21-13-15-27(16-14-21)26(29)22-9-12-25-23(18-22)17-19(2)28(25)33(3,30)31/h7-12,18-19,21H,4-6,13-17H2,1-3H3/t19-/m0/s1. The quantitative estimate of drug-likeness (QED) is 0.606. The summed E-state index contributed by atoms with van der Waals surface area (Å²) in [5, 5.41) is 0. The van der Waals surface area contributed by atoms with Crippen LogP contribution >= 0.6 is 0 Å². The molecule has 1 fully saturated rings. The molecule has 2 aliphatic rings. The first-order chi connectivity index (χ1) is 15.8. The molecule has 0 bridgehead atoms. The number of fused-ring (bicyclic) bond motifs is 1. The summed E-state index contributed by atoms with van der Waals surface area (Å²) in [6.45, 7) is 6.12. The molecule has 0 aromatic heterocycles. The van der Waals surface area contributed by atoms with Gasteiger partial charge in [-0.15, -0.1) is 0 Å². The highest BCUT2D eigenvalue weighted by atomic mass is 32.2. The van der Waals surface area contributed by atoms with Crippen LogP contribution in [-0.2, 0) is 22.9 Å². The summed E-state index contributed by atoms with van der Waals surface area (Å²) in [7, 11) is -3.32. The van der Waals surface area contributed by atoms with Gasteiger partial charge in [-0.1, -0.05) is 12.1 Å². The minimum atomic E-state index is -3.32. The number of ether oxygens (including phenoxy) is 1. The first-order valence-electron chi connectivity index (χ1n) is 11.9. The van der Waals surface area contributed by atoms with E-state index in [1.807, 2.05) is 36.9 Å². The van der Waals surface area contributed by atoms with Crippen LogP contribution < -0.4 is 9.04 Å². The summed E-state index contributed by atoms with van der Waals surface area (Å²) in [6.07, 6.45) is 6.09. The third-order valence-electron chi connectivity index (χ3n) is 6.81. The molecule has 0 radical (unpaired) electrons. The van der Waals surface area contributed by atoms with E-state index >= 15 is 0 Å². The van der Waals surface area contributed by atoms with Gasteiger partial charge >= 0.3 is 0 Å². The lowest BCUT2D eigenvalue weighted by atomic mass is 9.90. The number of sulfonamides is 1. The van der Waals surface area contributed by atoms with Crippen LogP contribution in [-0.4, -0.2) is 51.2 Å². The van der Waals surface area contributed by atoms with Gasteiger partial charge in [0.2, 0.25) is 10.0 Å². The zero-order valence-corrected chi connectivity index (χ0v) is 20.6. The molecule has 1 saturated heterocycles. The number of rotatable bonds is 7. The average molecular weight is 471 g/mol. The fourth-order valence-corrected chi connectivity index (χ4v) is 6.40. The highest BCUT2D eigenvalue weighted by Crippen LogP contribution is 2.35. The topological polar surface area (TPSA) is 66.9 Å². The highest BCUT2D eigenvalue weighted by Gasteiger charge is 2.33. The van der Waals surface area contributed by atoms with Crippen LogP contribution in [0.25, 0.3) is 0 Å².